The lowest BCUT2D eigenvalue weighted by Gasteiger charge is -2.47. The van der Waals surface area contributed by atoms with E-state index >= 15 is 0 Å². The Hall–Kier alpha value is -3.11. The van der Waals surface area contributed by atoms with Crippen LogP contribution in [0.3, 0.4) is 0 Å². The molecule has 7 heteroatoms. The van der Waals surface area contributed by atoms with Gasteiger partial charge in [-0.3, -0.25) is 9.80 Å². The topological polar surface area (TPSA) is 82.6 Å². The summed E-state index contributed by atoms with van der Waals surface area (Å²) < 4.78 is 5.54. The summed E-state index contributed by atoms with van der Waals surface area (Å²) in [5.41, 5.74) is 10.4. The number of ether oxygens (including phenoxy) is 1. The number of hydrazine groups is 1. The molecular weight excluding hydrogens is 436 g/mol. The van der Waals surface area contributed by atoms with Gasteiger partial charge in [0.25, 0.3) is 0 Å². The lowest BCUT2D eigenvalue weighted by atomic mass is 9.72. The van der Waals surface area contributed by atoms with Gasteiger partial charge in [-0.2, -0.15) is 5.26 Å². The van der Waals surface area contributed by atoms with Gasteiger partial charge in [-0.25, -0.2) is 5.01 Å². The normalized spacial score (nSPS) is 24.0. The fourth-order valence-corrected chi connectivity index (χ4v) is 5.41. The Balaban J connectivity index is 1.69. The van der Waals surface area contributed by atoms with Crippen molar-refractivity contribution in [1.82, 2.24) is 10.0 Å². The fourth-order valence-electron chi connectivity index (χ4n) is 5.17. The van der Waals surface area contributed by atoms with Crippen LogP contribution in [0.25, 0.3) is 0 Å². The summed E-state index contributed by atoms with van der Waals surface area (Å²) in [4.78, 5) is 13.8. The van der Waals surface area contributed by atoms with Crippen LogP contribution in [-0.2, 0) is 9.53 Å². The zero-order valence-electron chi connectivity index (χ0n) is 18.2. The minimum absolute atomic E-state index is 0.0357. The Labute approximate surface area is 198 Å². The smallest absolute Gasteiger partial charge is 0.162 e. The molecule has 0 radical (unpaired) electrons. The molecule has 1 aliphatic carbocycles. The predicted molar refractivity (Wildman–Crippen MR) is 126 cm³/mol. The maximum atomic E-state index is 13.8. The summed E-state index contributed by atoms with van der Waals surface area (Å²) in [7, 11) is 0. The Morgan fingerprint density at radius 3 is 2.42 bits per heavy atom. The lowest BCUT2D eigenvalue weighted by molar-refractivity contribution is -0.117. The summed E-state index contributed by atoms with van der Waals surface area (Å²) in [5, 5.41) is 14.7. The number of morpholine rings is 1. The standard InChI is InChI=1S/C26H25ClN4O2/c27-21-9-5-4-8-19(21)24-20(16-28)26(29)31(30-10-12-33-13-11-30)22-14-18(15-23(32)25(22)24)17-6-2-1-3-7-17/h1-9,18,24H,10-15,29H2/t18-,24-/m1/s1. The van der Waals surface area contributed by atoms with Crippen molar-refractivity contribution in [2.75, 3.05) is 26.3 Å². The van der Waals surface area contributed by atoms with Gasteiger partial charge in [0.2, 0.25) is 0 Å². The molecule has 0 unspecified atom stereocenters. The molecule has 0 bridgehead atoms. The average Bonchev–Trinajstić information content (AvgIpc) is 2.85. The molecular formula is C26H25ClN4O2. The van der Waals surface area contributed by atoms with E-state index in [0.717, 1.165) is 16.8 Å². The molecule has 1 fully saturated rings. The number of ketones is 1. The van der Waals surface area contributed by atoms with Gasteiger partial charge in [-0.15, -0.1) is 0 Å². The molecule has 2 aromatic rings. The SMILES string of the molecule is N#CC1=C(N)N(N2CCOCC2)C2=C(C(=O)C[C@H](c3ccccc3)C2)[C@@H]1c1ccccc1Cl. The van der Waals surface area contributed by atoms with Gasteiger partial charge < -0.3 is 10.5 Å². The van der Waals surface area contributed by atoms with E-state index in [0.29, 0.717) is 61.1 Å². The van der Waals surface area contributed by atoms with Crippen molar-refractivity contribution < 1.29 is 9.53 Å². The second kappa shape index (κ2) is 9.03. The summed E-state index contributed by atoms with van der Waals surface area (Å²) >= 11 is 6.57. The highest BCUT2D eigenvalue weighted by Crippen LogP contribution is 2.49. The molecule has 0 saturated carbocycles. The van der Waals surface area contributed by atoms with Crippen molar-refractivity contribution in [1.29, 1.82) is 5.26 Å². The zero-order chi connectivity index (χ0) is 22.9. The van der Waals surface area contributed by atoms with Gasteiger partial charge >= 0.3 is 0 Å². The Bertz CT molecular complexity index is 1180. The number of halogens is 1. The second-order valence-corrected chi connectivity index (χ2v) is 8.95. The molecule has 2 N–H and O–H groups in total. The van der Waals surface area contributed by atoms with Gasteiger partial charge in [-0.1, -0.05) is 60.1 Å². The van der Waals surface area contributed by atoms with Crippen molar-refractivity contribution >= 4 is 17.4 Å². The molecule has 1 saturated heterocycles. The molecule has 2 aliphatic heterocycles. The highest BCUT2D eigenvalue weighted by Gasteiger charge is 2.44. The third-order valence-electron chi connectivity index (χ3n) is 6.70. The predicted octanol–water partition coefficient (Wildman–Crippen LogP) is 4.08. The third-order valence-corrected chi connectivity index (χ3v) is 7.04. The number of hydrogen-bond acceptors (Lipinski definition) is 6. The number of carbonyl (C=O) groups excluding carboxylic acids is 1. The first-order valence-corrected chi connectivity index (χ1v) is 11.6. The first-order valence-electron chi connectivity index (χ1n) is 11.2. The van der Waals surface area contributed by atoms with Crippen molar-refractivity contribution in [2.45, 2.75) is 24.7 Å². The van der Waals surface area contributed by atoms with E-state index in [9.17, 15) is 10.1 Å². The lowest BCUT2D eigenvalue weighted by Crippen LogP contribution is -2.52. The number of allylic oxidation sites excluding steroid dienone is 3. The molecule has 5 rings (SSSR count). The molecule has 33 heavy (non-hydrogen) atoms. The van der Waals surface area contributed by atoms with Gasteiger partial charge in [0, 0.05) is 35.8 Å². The van der Waals surface area contributed by atoms with E-state index in [4.69, 9.17) is 22.1 Å². The molecule has 2 aromatic carbocycles. The van der Waals surface area contributed by atoms with Crippen LogP contribution in [0.2, 0.25) is 5.02 Å². The molecule has 2 heterocycles. The quantitative estimate of drug-likeness (QED) is 0.743. The van der Waals surface area contributed by atoms with Gasteiger partial charge in [0.15, 0.2) is 5.78 Å². The molecule has 0 aromatic heterocycles. The first-order chi connectivity index (χ1) is 16.1. The van der Waals surface area contributed by atoms with Crippen LogP contribution in [-0.4, -0.2) is 42.1 Å². The van der Waals surface area contributed by atoms with Crippen LogP contribution in [0, 0.1) is 11.3 Å². The molecule has 6 nitrogen and oxygen atoms in total. The van der Waals surface area contributed by atoms with E-state index in [1.54, 1.807) is 6.07 Å². The summed E-state index contributed by atoms with van der Waals surface area (Å²) in [6.07, 6.45) is 1.04. The van der Waals surface area contributed by atoms with Crippen LogP contribution in [0.15, 0.2) is 77.3 Å². The first kappa shape index (κ1) is 21.7. The van der Waals surface area contributed by atoms with E-state index < -0.39 is 5.92 Å². The highest BCUT2D eigenvalue weighted by molar-refractivity contribution is 6.31. The average molecular weight is 461 g/mol. The second-order valence-electron chi connectivity index (χ2n) is 8.54. The fraction of sp³-hybridized carbons (Fsp3) is 0.308. The third kappa shape index (κ3) is 3.83. The van der Waals surface area contributed by atoms with Crippen LogP contribution in [0.4, 0.5) is 0 Å². The minimum Gasteiger partial charge on any atom is -0.383 e. The number of carbonyl (C=O) groups is 1. The monoisotopic (exact) mass is 460 g/mol. The zero-order valence-corrected chi connectivity index (χ0v) is 19.0. The van der Waals surface area contributed by atoms with Gasteiger partial charge in [0.05, 0.1) is 30.8 Å². The number of rotatable bonds is 3. The van der Waals surface area contributed by atoms with Crippen LogP contribution >= 0.6 is 11.6 Å². The van der Waals surface area contributed by atoms with Crippen LogP contribution < -0.4 is 5.73 Å². The maximum Gasteiger partial charge on any atom is 0.162 e. The van der Waals surface area contributed by atoms with Crippen molar-refractivity contribution in [3.8, 4) is 6.07 Å². The summed E-state index contributed by atoms with van der Waals surface area (Å²) in [5.74, 6) is -0.123. The molecule has 2 atom stereocenters. The van der Waals surface area contributed by atoms with Crippen molar-refractivity contribution in [2.24, 2.45) is 5.73 Å². The van der Waals surface area contributed by atoms with Gasteiger partial charge in [-0.05, 0) is 29.5 Å². The molecule has 3 aliphatic rings. The summed E-state index contributed by atoms with van der Waals surface area (Å²) in [6.45, 7) is 2.41. The maximum absolute atomic E-state index is 13.8. The minimum atomic E-state index is -0.569. The van der Waals surface area contributed by atoms with Crippen LogP contribution in [0.1, 0.15) is 35.8 Å². The summed E-state index contributed by atoms with van der Waals surface area (Å²) in [6, 6.07) is 19.8. The van der Waals surface area contributed by atoms with E-state index in [1.807, 2.05) is 41.4 Å². The van der Waals surface area contributed by atoms with Crippen molar-refractivity contribution in [3.05, 3.63) is 93.4 Å². The number of nitriles is 1. The highest BCUT2D eigenvalue weighted by atomic mass is 35.5. The van der Waals surface area contributed by atoms with E-state index in [2.05, 4.69) is 23.2 Å². The molecule has 168 valence electrons. The largest absolute Gasteiger partial charge is 0.383 e. The van der Waals surface area contributed by atoms with Crippen molar-refractivity contribution in [3.63, 3.8) is 0 Å². The van der Waals surface area contributed by atoms with E-state index in [1.165, 1.54) is 0 Å². The number of nitrogens with two attached hydrogens (primary N) is 1. The molecule has 0 spiro atoms. The number of Topliss-reactive ketones (excluding diaryl/α,β-unsaturated/α-hetero) is 1. The Morgan fingerprint density at radius 1 is 1.03 bits per heavy atom. The number of nitrogens with zero attached hydrogens (tertiary/aromatic N) is 3. The van der Waals surface area contributed by atoms with E-state index in [-0.39, 0.29) is 11.7 Å². The van der Waals surface area contributed by atoms with Crippen LogP contribution in [0.5, 0.6) is 0 Å². The molecule has 0 amide bonds. The Morgan fingerprint density at radius 2 is 1.73 bits per heavy atom. The number of hydrogen-bond donors (Lipinski definition) is 1. The Kier molecular flexibility index (Phi) is 5.94. The number of benzene rings is 2. The van der Waals surface area contributed by atoms with Gasteiger partial charge in [0.1, 0.15) is 5.82 Å².